The van der Waals surface area contributed by atoms with E-state index >= 15 is 0 Å². The Morgan fingerprint density at radius 1 is 0.642 bits per heavy atom. The smallest absolute Gasteiger partial charge is 0.473 e. The average Bonchev–Trinajstić information content (AvgIpc) is 3.41. The molecule has 0 unspecified atom stereocenters. The van der Waals surface area contributed by atoms with E-state index in [1.165, 1.54) is 15.3 Å². The number of halogens is 3. The van der Waals surface area contributed by atoms with Gasteiger partial charge < -0.3 is 39.5 Å². The summed E-state index contributed by atoms with van der Waals surface area (Å²) >= 11 is 0. The molecule has 3 aromatic rings. The molecule has 3 rings (SSSR count). The van der Waals surface area contributed by atoms with E-state index < -0.39 is 35.5 Å². The zero-order chi connectivity index (χ0) is 39.4. The number of imidazole rings is 1. The van der Waals surface area contributed by atoms with Gasteiger partial charge in [0.2, 0.25) is 5.62 Å². The second-order valence-corrected chi connectivity index (χ2v) is 13.7. The molecule has 288 valence electrons. The summed E-state index contributed by atoms with van der Waals surface area (Å²) < 4.78 is 64.1. The van der Waals surface area contributed by atoms with Gasteiger partial charge in [-0.15, -0.1) is 0 Å². The Labute approximate surface area is 305 Å². The Bertz CT molecular complexity index is 1830. The molecule has 0 aliphatic carbocycles. The van der Waals surface area contributed by atoms with Gasteiger partial charge in [-0.3, -0.25) is 4.79 Å². The number of hydrogen-bond donors (Lipinski definition) is 2. The lowest BCUT2D eigenvalue weighted by atomic mass is 10.2. The van der Waals surface area contributed by atoms with Crippen molar-refractivity contribution in [3.63, 3.8) is 0 Å². The summed E-state index contributed by atoms with van der Waals surface area (Å²) in [6.45, 7) is 11.1. The quantitative estimate of drug-likeness (QED) is 0.122. The largest absolute Gasteiger partial charge is 0.494 e. The van der Waals surface area contributed by atoms with Gasteiger partial charge in [-0.1, -0.05) is 0 Å². The monoisotopic (exact) mass is 745 g/mol. The number of aryl methyl sites for hydroxylation is 1. The van der Waals surface area contributed by atoms with Crippen molar-refractivity contribution in [1.82, 2.24) is 9.13 Å². The number of amidine groups is 2. The predicted molar refractivity (Wildman–Crippen MR) is 191 cm³/mol. The van der Waals surface area contributed by atoms with Crippen molar-refractivity contribution in [2.24, 2.45) is 26.4 Å². The molecule has 0 fully saturated rings. The van der Waals surface area contributed by atoms with Crippen LogP contribution in [-0.2, 0) is 27.4 Å². The average molecular weight is 746 g/mol. The maximum Gasteiger partial charge on any atom is 0.473 e. The Hall–Kier alpha value is -5.61. The lowest BCUT2D eigenvalue weighted by Gasteiger charge is -2.17. The van der Waals surface area contributed by atoms with Crippen LogP contribution in [0.2, 0.25) is 0 Å². The van der Waals surface area contributed by atoms with Crippen LogP contribution >= 0.6 is 0 Å². The minimum Gasteiger partial charge on any atom is -0.494 e. The summed E-state index contributed by atoms with van der Waals surface area (Å²) in [7, 11) is 0. The van der Waals surface area contributed by atoms with E-state index in [9.17, 15) is 27.6 Å². The first-order valence-electron chi connectivity index (χ1n) is 16.7. The topological polar surface area (TPSA) is 187 Å². The van der Waals surface area contributed by atoms with Crippen molar-refractivity contribution in [2.45, 2.75) is 91.3 Å². The van der Waals surface area contributed by atoms with Crippen LogP contribution in [0.4, 0.5) is 22.8 Å². The summed E-state index contributed by atoms with van der Waals surface area (Å²) in [4.78, 5) is 46.5. The van der Waals surface area contributed by atoms with Gasteiger partial charge in [0.05, 0.1) is 13.2 Å². The van der Waals surface area contributed by atoms with E-state index in [4.69, 9.17) is 30.4 Å². The number of carbonyl (C=O) groups excluding carboxylic acids is 3. The van der Waals surface area contributed by atoms with Gasteiger partial charge in [-0.25, -0.2) is 9.59 Å². The van der Waals surface area contributed by atoms with Crippen molar-refractivity contribution in [1.29, 1.82) is 0 Å². The van der Waals surface area contributed by atoms with Crippen LogP contribution in [0.25, 0.3) is 0 Å². The normalized spacial score (nSPS) is 13.1. The third-order valence-electron chi connectivity index (χ3n) is 6.81. The number of aliphatic imine (C=N–C) groups is 2. The molecule has 0 saturated heterocycles. The number of nitrogens with two attached hydrogens (primary N) is 2. The first kappa shape index (κ1) is 41.8. The SMILES string of the molecule is CC(C)(C)OC(=O)/N=C(\N)c1ccc(OCCCCCn2ccn(CCOc3ccc(/C(N)=N/C(=O)OC(C)(C)C)cc3)c2=NC(=O)C(F)(F)F)cc1. The van der Waals surface area contributed by atoms with Gasteiger partial charge in [0.15, 0.2) is 0 Å². The number of alkyl halides is 3. The Morgan fingerprint density at radius 3 is 1.51 bits per heavy atom. The van der Waals surface area contributed by atoms with Crippen molar-refractivity contribution >= 4 is 29.8 Å². The van der Waals surface area contributed by atoms with Crippen LogP contribution in [0.3, 0.4) is 0 Å². The van der Waals surface area contributed by atoms with Crippen LogP contribution < -0.4 is 26.6 Å². The molecule has 4 N–H and O–H groups in total. The maximum atomic E-state index is 13.1. The molecular weight excluding hydrogens is 699 g/mol. The summed E-state index contributed by atoms with van der Waals surface area (Å²) in [5, 5.41) is 0. The number of unbranched alkanes of at least 4 members (excludes halogenated alkanes) is 2. The van der Waals surface area contributed by atoms with Gasteiger partial charge in [0, 0.05) is 30.1 Å². The molecular formula is C36H46F3N7O7. The lowest BCUT2D eigenvalue weighted by molar-refractivity contribution is -0.169. The third kappa shape index (κ3) is 14.9. The number of benzene rings is 2. The second kappa shape index (κ2) is 18.2. The van der Waals surface area contributed by atoms with E-state index in [1.807, 2.05) is 0 Å². The van der Waals surface area contributed by atoms with Gasteiger partial charge in [0.1, 0.15) is 41.0 Å². The van der Waals surface area contributed by atoms with Crippen LogP contribution in [0.15, 0.2) is 75.9 Å². The third-order valence-corrected chi connectivity index (χ3v) is 6.81. The molecule has 0 radical (unpaired) electrons. The fraction of sp³-hybridized carbons (Fsp3) is 0.444. The number of rotatable bonds is 13. The number of ether oxygens (including phenoxy) is 4. The molecule has 3 amide bonds. The number of carbonyl (C=O) groups is 3. The Morgan fingerprint density at radius 2 is 1.08 bits per heavy atom. The molecule has 0 bridgehead atoms. The van der Waals surface area contributed by atoms with E-state index in [-0.39, 0.29) is 30.4 Å². The molecule has 2 aromatic carbocycles. The second-order valence-electron chi connectivity index (χ2n) is 13.7. The molecule has 0 aliphatic rings. The van der Waals surface area contributed by atoms with Crippen LogP contribution in [-0.4, -0.2) is 69.5 Å². The van der Waals surface area contributed by atoms with Crippen LogP contribution in [0.1, 0.15) is 71.9 Å². The van der Waals surface area contributed by atoms with Gasteiger partial charge in [0.25, 0.3) is 0 Å². The molecule has 0 saturated carbocycles. The Kier molecular flexibility index (Phi) is 14.4. The van der Waals surface area contributed by atoms with Crippen molar-refractivity contribution in [3.05, 3.63) is 77.7 Å². The zero-order valence-electron chi connectivity index (χ0n) is 30.6. The first-order chi connectivity index (χ1) is 24.7. The van der Waals surface area contributed by atoms with Crippen molar-refractivity contribution in [2.75, 3.05) is 13.2 Å². The fourth-order valence-corrected chi connectivity index (χ4v) is 4.44. The molecule has 17 heteroatoms. The van der Waals surface area contributed by atoms with E-state index in [0.717, 1.165) is 0 Å². The highest BCUT2D eigenvalue weighted by atomic mass is 19.4. The number of amides is 3. The molecule has 1 heterocycles. The van der Waals surface area contributed by atoms with Gasteiger partial charge in [-0.2, -0.15) is 28.1 Å². The molecule has 1 aromatic heterocycles. The highest BCUT2D eigenvalue weighted by molar-refractivity contribution is 6.03. The van der Waals surface area contributed by atoms with Crippen LogP contribution in [0.5, 0.6) is 11.5 Å². The fourth-order valence-electron chi connectivity index (χ4n) is 4.44. The highest BCUT2D eigenvalue weighted by Crippen LogP contribution is 2.17. The number of hydrogen-bond acceptors (Lipinski definition) is 7. The summed E-state index contributed by atoms with van der Waals surface area (Å²) in [5.74, 6) is -1.25. The molecule has 0 spiro atoms. The molecule has 0 atom stereocenters. The molecule has 0 aliphatic heterocycles. The van der Waals surface area contributed by atoms with E-state index in [1.54, 1.807) is 96.3 Å². The predicted octanol–water partition coefficient (Wildman–Crippen LogP) is 5.89. The van der Waals surface area contributed by atoms with Gasteiger partial charge in [-0.05, 0) is 109 Å². The minimum atomic E-state index is -5.13. The number of nitrogens with zero attached hydrogens (tertiary/aromatic N) is 5. The number of aromatic nitrogens is 2. The lowest BCUT2D eigenvalue weighted by Crippen LogP contribution is -2.32. The van der Waals surface area contributed by atoms with E-state index in [2.05, 4.69) is 15.0 Å². The van der Waals surface area contributed by atoms with Crippen molar-refractivity contribution < 1.29 is 46.5 Å². The van der Waals surface area contributed by atoms with Crippen molar-refractivity contribution in [3.8, 4) is 11.5 Å². The summed E-state index contributed by atoms with van der Waals surface area (Å²) in [6.07, 6.45) is -1.78. The minimum absolute atomic E-state index is 0.00835. The Balaban J connectivity index is 1.53. The standard InChI is InChI=1S/C36H46F3N7O7/c1-34(2,3)52-32(48)42-28(40)24-10-14-26(15-11-24)50-22-9-7-8-18-45-19-20-46(31(45)44-30(47)36(37,38)39)21-23-51-27-16-12-25(13-17-27)29(41)43-33(49)53-35(4,5)6/h10-17,19-20H,7-9,18,21-23H2,1-6H3,(H2,40,42,48)(H2,41,43,49). The molecule has 53 heavy (non-hydrogen) atoms. The summed E-state index contributed by atoms with van der Waals surface area (Å²) in [6, 6.07) is 13.1. The summed E-state index contributed by atoms with van der Waals surface area (Å²) in [5.41, 5.74) is 11.2. The molecule has 14 nitrogen and oxygen atoms in total. The first-order valence-corrected chi connectivity index (χ1v) is 16.7. The van der Waals surface area contributed by atoms with Gasteiger partial charge >= 0.3 is 24.3 Å². The van der Waals surface area contributed by atoms with E-state index in [0.29, 0.717) is 55.0 Å². The van der Waals surface area contributed by atoms with Crippen LogP contribution in [0, 0.1) is 0 Å². The highest BCUT2D eigenvalue weighted by Gasteiger charge is 2.38. The zero-order valence-corrected chi connectivity index (χ0v) is 30.6. The maximum absolute atomic E-state index is 13.1.